The van der Waals surface area contributed by atoms with Gasteiger partial charge < -0.3 is 0 Å². The molecule has 0 aromatic rings. The van der Waals surface area contributed by atoms with Gasteiger partial charge in [0.15, 0.2) is 0 Å². The highest BCUT2D eigenvalue weighted by molar-refractivity contribution is 5.40. The van der Waals surface area contributed by atoms with E-state index in [-0.39, 0.29) is 0 Å². The highest BCUT2D eigenvalue weighted by atomic mass is 14.4. The van der Waals surface area contributed by atoms with Crippen LogP contribution in [0.4, 0.5) is 0 Å². The van der Waals surface area contributed by atoms with E-state index in [2.05, 4.69) is 33.9 Å². The fourth-order valence-electron chi connectivity index (χ4n) is 3.37. The normalized spacial score (nSPS) is 34.9. The third-order valence-corrected chi connectivity index (χ3v) is 4.88. The highest BCUT2D eigenvalue weighted by Crippen LogP contribution is 2.52. The van der Waals surface area contributed by atoms with Gasteiger partial charge in [-0.25, -0.2) is 0 Å². The molecule has 0 N–H and O–H groups in total. The molecule has 0 spiro atoms. The predicted molar refractivity (Wildman–Crippen MR) is 71.3 cm³/mol. The second-order valence-electron chi connectivity index (χ2n) is 6.05. The van der Waals surface area contributed by atoms with Crippen molar-refractivity contribution in [3.8, 4) is 0 Å². The van der Waals surface area contributed by atoms with Crippen LogP contribution in [0.1, 0.15) is 52.9 Å². The molecule has 0 aromatic heterocycles. The van der Waals surface area contributed by atoms with Crippen LogP contribution in [-0.2, 0) is 0 Å². The van der Waals surface area contributed by atoms with E-state index in [9.17, 15) is 0 Å². The van der Waals surface area contributed by atoms with Crippen molar-refractivity contribution in [2.75, 3.05) is 0 Å². The van der Waals surface area contributed by atoms with E-state index >= 15 is 0 Å². The lowest BCUT2D eigenvalue weighted by Crippen LogP contribution is -2.31. The lowest BCUT2D eigenvalue weighted by Gasteiger charge is -2.45. The number of allylic oxidation sites excluding steroid dienone is 4. The molecular weight excluding hydrogens is 192 g/mol. The summed E-state index contributed by atoms with van der Waals surface area (Å²) >= 11 is 0. The van der Waals surface area contributed by atoms with Crippen molar-refractivity contribution in [3.05, 3.63) is 35.5 Å². The van der Waals surface area contributed by atoms with Crippen LogP contribution in [0.3, 0.4) is 0 Å². The Balaban J connectivity index is 2.34. The maximum absolute atomic E-state index is 4.21. The van der Waals surface area contributed by atoms with E-state index in [0.29, 0.717) is 11.3 Å². The second kappa shape index (κ2) is 3.91. The van der Waals surface area contributed by atoms with E-state index < -0.39 is 0 Å². The smallest absolute Gasteiger partial charge is 0.0107 e. The van der Waals surface area contributed by atoms with Gasteiger partial charge >= 0.3 is 0 Å². The third kappa shape index (κ3) is 1.79. The molecule has 2 rings (SSSR count). The lowest BCUT2D eigenvalue weighted by molar-refractivity contribution is 0.240. The predicted octanol–water partition coefficient (Wildman–Crippen LogP) is 5.04. The molecule has 2 aliphatic rings. The van der Waals surface area contributed by atoms with Crippen molar-refractivity contribution in [1.29, 1.82) is 0 Å². The van der Waals surface area contributed by atoms with E-state index in [0.717, 1.165) is 0 Å². The van der Waals surface area contributed by atoms with Crippen molar-refractivity contribution in [1.82, 2.24) is 0 Å². The Kier molecular flexibility index (Phi) is 2.86. The zero-order valence-corrected chi connectivity index (χ0v) is 11.0. The minimum Gasteiger partial charge on any atom is -0.0998 e. The van der Waals surface area contributed by atoms with E-state index in [1.807, 2.05) is 0 Å². The van der Waals surface area contributed by atoms with Crippen LogP contribution in [0.15, 0.2) is 35.5 Å². The summed E-state index contributed by atoms with van der Waals surface area (Å²) in [5, 5.41) is 0. The monoisotopic (exact) mass is 216 g/mol. The van der Waals surface area contributed by atoms with Gasteiger partial charge in [-0.1, -0.05) is 36.8 Å². The molecule has 16 heavy (non-hydrogen) atoms. The van der Waals surface area contributed by atoms with Crippen molar-refractivity contribution in [2.24, 2.45) is 11.3 Å². The summed E-state index contributed by atoms with van der Waals surface area (Å²) in [6.07, 6.45) is 6.40. The van der Waals surface area contributed by atoms with Crippen LogP contribution in [-0.4, -0.2) is 0 Å². The molecular formula is C16H24. The average Bonchev–Trinajstić information content (AvgIpc) is 2.24. The van der Waals surface area contributed by atoms with Crippen molar-refractivity contribution in [3.63, 3.8) is 0 Å². The molecule has 0 aliphatic heterocycles. The van der Waals surface area contributed by atoms with Gasteiger partial charge in [-0.2, -0.15) is 0 Å². The van der Waals surface area contributed by atoms with Crippen LogP contribution in [0.25, 0.3) is 0 Å². The molecule has 1 saturated carbocycles. The zero-order valence-electron chi connectivity index (χ0n) is 11.0. The van der Waals surface area contributed by atoms with Gasteiger partial charge in [0.2, 0.25) is 0 Å². The van der Waals surface area contributed by atoms with E-state index in [4.69, 9.17) is 0 Å². The SMILES string of the molecule is C=C1CCC2(C)CCC(C(=C)C)CC2=C1C. The molecule has 1 fully saturated rings. The molecule has 0 bridgehead atoms. The summed E-state index contributed by atoms with van der Waals surface area (Å²) in [6.45, 7) is 15.3. The molecule has 0 heteroatoms. The van der Waals surface area contributed by atoms with Gasteiger partial charge in [-0.15, -0.1) is 0 Å². The molecule has 0 aromatic carbocycles. The van der Waals surface area contributed by atoms with Crippen LogP contribution in [0.5, 0.6) is 0 Å². The van der Waals surface area contributed by atoms with Crippen molar-refractivity contribution >= 4 is 0 Å². The van der Waals surface area contributed by atoms with E-state index in [1.165, 1.54) is 48.8 Å². The fraction of sp³-hybridized carbons (Fsp3) is 0.625. The summed E-state index contributed by atoms with van der Waals surface area (Å²) in [7, 11) is 0. The van der Waals surface area contributed by atoms with Crippen LogP contribution >= 0.6 is 0 Å². The second-order valence-corrected chi connectivity index (χ2v) is 6.05. The Morgan fingerprint density at radius 1 is 1.38 bits per heavy atom. The Morgan fingerprint density at radius 3 is 2.69 bits per heavy atom. The number of hydrogen-bond donors (Lipinski definition) is 0. The van der Waals surface area contributed by atoms with Gasteiger partial charge in [-0.3, -0.25) is 0 Å². The van der Waals surface area contributed by atoms with Crippen LogP contribution < -0.4 is 0 Å². The Hall–Kier alpha value is -0.780. The van der Waals surface area contributed by atoms with Gasteiger partial charge in [-0.05, 0) is 62.9 Å². The molecule has 88 valence electrons. The summed E-state index contributed by atoms with van der Waals surface area (Å²) in [5.74, 6) is 0.712. The highest BCUT2D eigenvalue weighted by Gasteiger charge is 2.38. The third-order valence-electron chi connectivity index (χ3n) is 4.88. The summed E-state index contributed by atoms with van der Waals surface area (Å²) in [4.78, 5) is 0. The average molecular weight is 216 g/mol. The Morgan fingerprint density at radius 2 is 2.06 bits per heavy atom. The van der Waals surface area contributed by atoms with Gasteiger partial charge in [0.1, 0.15) is 0 Å². The first-order valence-corrected chi connectivity index (χ1v) is 6.48. The van der Waals surface area contributed by atoms with Crippen molar-refractivity contribution in [2.45, 2.75) is 52.9 Å². The molecule has 0 amide bonds. The first kappa shape index (κ1) is 11.7. The minimum absolute atomic E-state index is 0.469. The van der Waals surface area contributed by atoms with E-state index in [1.54, 1.807) is 5.57 Å². The standard InChI is InChI=1S/C16H24/c1-11(2)14-7-9-16(5)8-6-12(3)13(4)15(16)10-14/h14H,1,3,6-10H2,2,4-5H3. The first-order valence-electron chi connectivity index (χ1n) is 6.48. The molecule has 0 nitrogen and oxygen atoms in total. The zero-order chi connectivity index (χ0) is 11.9. The molecule has 2 aliphatic carbocycles. The topological polar surface area (TPSA) is 0 Å². The maximum atomic E-state index is 4.21. The minimum atomic E-state index is 0.469. The molecule has 0 radical (unpaired) electrons. The lowest BCUT2D eigenvalue weighted by atomic mass is 9.60. The van der Waals surface area contributed by atoms with Crippen LogP contribution in [0, 0.1) is 11.3 Å². The number of rotatable bonds is 1. The largest absolute Gasteiger partial charge is 0.0998 e. The quantitative estimate of drug-likeness (QED) is 0.539. The molecule has 2 unspecified atom stereocenters. The number of hydrogen-bond acceptors (Lipinski definition) is 0. The maximum Gasteiger partial charge on any atom is -0.0107 e. The number of fused-ring (bicyclic) bond motifs is 1. The van der Waals surface area contributed by atoms with Gasteiger partial charge in [0.25, 0.3) is 0 Å². The molecule has 2 atom stereocenters. The van der Waals surface area contributed by atoms with Gasteiger partial charge in [0.05, 0.1) is 0 Å². The van der Waals surface area contributed by atoms with Crippen LogP contribution in [0.2, 0.25) is 0 Å². The summed E-state index contributed by atoms with van der Waals surface area (Å²) < 4.78 is 0. The Labute approximate surface area is 100 Å². The fourth-order valence-corrected chi connectivity index (χ4v) is 3.37. The van der Waals surface area contributed by atoms with Crippen molar-refractivity contribution < 1.29 is 0 Å². The molecule has 0 saturated heterocycles. The Bertz CT molecular complexity index is 369. The molecule has 0 heterocycles. The summed E-state index contributed by atoms with van der Waals surface area (Å²) in [6, 6.07) is 0. The van der Waals surface area contributed by atoms with Gasteiger partial charge in [0, 0.05) is 0 Å². The summed E-state index contributed by atoms with van der Waals surface area (Å²) in [5.41, 5.74) is 6.38. The first-order chi connectivity index (χ1) is 7.44.